The van der Waals surface area contributed by atoms with Gasteiger partial charge in [0, 0.05) is 12.8 Å². The van der Waals surface area contributed by atoms with Gasteiger partial charge in [-0.2, -0.15) is 5.10 Å². The molecule has 1 aromatic heterocycles. The Labute approximate surface area is 136 Å². The van der Waals surface area contributed by atoms with Crippen LogP contribution in [0.4, 0.5) is 5.69 Å². The van der Waals surface area contributed by atoms with Crippen LogP contribution in [0.25, 0.3) is 0 Å². The molecule has 1 atom stereocenters. The van der Waals surface area contributed by atoms with Gasteiger partial charge in [-0.25, -0.2) is 8.42 Å². The lowest BCUT2D eigenvalue weighted by atomic mass is 10.1. The van der Waals surface area contributed by atoms with Gasteiger partial charge >= 0.3 is 0 Å². The lowest BCUT2D eigenvalue weighted by Gasteiger charge is -2.22. The quantitative estimate of drug-likeness (QED) is 0.879. The summed E-state index contributed by atoms with van der Waals surface area (Å²) in [6.07, 6.45) is 5.86. The minimum atomic E-state index is -3.42. The Balaban J connectivity index is 1.59. The molecular weight excluding hydrogens is 314 g/mol. The lowest BCUT2D eigenvalue weighted by molar-refractivity contribution is 0.0306. The summed E-state index contributed by atoms with van der Waals surface area (Å²) in [6, 6.07) is 9.90. The molecule has 23 heavy (non-hydrogen) atoms. The van der Waals surface area contributed by atoms with Crippen LogP contribution in [0.3, 0.4) is 0 Å². The summed E-state index contributed by atoms with van der Waals surface area (Å²) in [5, 5.41) is 4.20. The molecule has 3 rings (SSSR count). The Bertz CT molecular complexity index is 722. The molecule has 1 aromatic carbocycles. The van der Waals surface area contributed by atoms with Gasteiger partial charge in [-0.1, -0.05) is 30.3 Å². The fraction of sp³-hybridized carbons (Fsp3) is 0.438. The van der Waals surface area contributed by atoms with Gasteiger partial charge in [0.2, 0.25) is 10.0 Å². The zero-order valence-corrected chi connectivity index (χ0v) is 13.7. The molecule has 7 heteroatoms. The smallest absolute Gasteiger partial charge is 0.235 e. The van der Waals surface area contributed by atoms with E-state index in [-0.39, 0.29) is 11.9 Å². The van der Waals surface area contributed by atoms with Crippen molar-refractivity contribution in [3.05, 3.63) is 48.3 Å². The molecule has 2 heterocycles. The summed E-state index contributed by atoms with van der Waals surface area (Å²) >= 11 is 0. The number of nitrogens with zero attached hydrogens (tertiary/aromatic N) is 2. The number of ether oxygens (including phenoxy) is 1. The number of nitrogens with one attached hydrogen (secondary N) is 1. The first-order valence-corrected chi connectivity index (χ1v) is 9.44. The third-order valence-corrected chi connectivity index (χ3v) is 5.13. The molecule has 0 unspecified atom stereocenters. The van der Waals surface area contributed by atoms with Crippen LogP contribution in [0, 0.1) is 0 Å². The zero-order valence-electron chi connectivity index (χ0n) is 12.9. The van der Waals surface area contributed by atoms with Crippen molar-refractivity contribution in [2.45, 2.75) is 31.9 Å². The maximum atomic E-state index is 12.2. The first-order chi connectivity index (χ1) is 11.1. The van der Waals surface area contributed by atoms with Crippen molar-refractivity contribution in [2.75, 3.05) is 17.1 Å². The second-order valence-electron chi connectivity index (χ2n) is 5.78. The van der Waals surface area contributed by atoms with E-state index in [1.54, 1.807) is 10.9 Å². The van der Waals surface area contributed by atoms with Crippen molar-refractivity contribution in [1.82, 2.24) is 9.78 Å². The minimum absolute atomic E-state index is 0.00311. The van der Waals surface area contributed by atoms with Crippen molar-refractivity contribution in [2.24, 2.45) is 0 Å². The van der Waals surface area contributed by atoms with E-state index in [1.807, 2.05) is 30.3 Å². The number of benzene rings is 1. The molecular formula is C16H21N3O3S. The predicted octanol–water partition coefficient (Wildman–Crippen LogP) is 2.24. The Morgan fingerprint density at radius 3 is 2.83 bits per heavy atom. The summed E-state index contributed by atoms with van der Waals surface area (Å²) in [5.41, 5.74) is 1.59. The molecule has 0 spiro atoms. The number of anilines is 1. The molecule has 1 aliphatic rings. The molecule has 0 saturated carbocycles. The molecule has 2 aromatic rings. The van der Waals surface area contributed by atoms with Crippen LogP contribution in [0.2, 0.25) is 0 Å². The zero-order chi connectivity index (χ0) is 16.1. The van der Waals surface area contributed by atoms with Gasteiger partial charge in [-0.05, 0) is 24.8 Å². The highest BCUT2D eigenvalue weighted by molar-refractivity contribution is 7.92. The van der Waals surface area contributed by atoms with E-state index in [0.29, 0.717) is 18.8 Å². The van der Waals surface area contributed by atoms with Gasteiger partial charge in [-0.15, -0.1) is 0 Å². The van der Waals surface area contributed by atoms with E-state index in [1.165, 1.54) is 6.20 Å². The molecule has 6 nitrogen and oxygen atoms in total. The molecule has 1 fully saturated rings. The molecule has 0 bridgehead atoms. The predicted molar refractivity (Wildman–Crippen MR) is 88.8 cm³/mol. The maximum absolute atomic E-state index is 12.2. The first kappa shape index (κ1) is 16.0. The van der Waals surface area contributed by atoms with Crippen molar-refractivity contribution in [3.8, 4) is 0 Å². The number of aromatic nitrogens is 2. The van der Waals surface area contributed by atoms with Crippen LogP contribution >= 0.6 is 0 Å². The average Bonchev–Trinajstić information content (AvgIpc) is 2.95. The summed E-state index contributed by atoms with van der Waals surface area (Å²) in [7, 11) is -3.42. The second kappa shape index (κ2) is 7.14. The summed E-state index contributed by atoms with van der Waals surface area (Å²) in [5.74, 6) is -0.00311. The fourth-order valence-corrected chi connectivity index (χ4v) is 3.98. The van der Waals surface area contributed by atoms with Gasteiger partial charge in [0.25, 0.3) is 0 Å². The van der Waals surface area contributed by atoms with Crippen LogP contribution in [0.1, 0.15) is 24.8 Å². The Morgan fingerprint density at radius 2 is 2.09 bits per heavy atom. The monoisotopic (exact) mass is 335 g/mol. The van der Waals surface area contributed by atoms with Crippen LogP contribution < -0.4 is 4.72 Å². The number of hydrogen-bond donors (Lipinski definition) is 1. The Kier molecular flexibility index (Phi) is 4.97. The van der Waals surface area contributed by atoms with Crippen molar-refractivity contribution >= 4 is 15.7 Å². The van der Waals surface area contributed by atoms with Gasteiger partial charge in [0.15, 0.2) is 0 Å². The topological polar surface area (TPSA) is 73.2 Å². The second-order valence-corrected chi connectivity index (χ2v) is 7.55. The van der Waals surface area contributed by atoms with Crippen molar-refractivity contribution in [3.63, 3.8) is 0 Å². The highest BCUT2D eigenvalue weighted by Gasteiger charge is 2.22. The molecule has 0 radical (unpaired) electrons. The fourth-order valence-electron chi connectivity index (χ4n) is 2.68. The van der Waals surface area contributed by atoms with Gasteiger partial charge < -0.3 is 4.74 Å². The van der Waals surface area contributed by atoms with Crippen LogP contribution in [0.15, 0.2) is 42.7 Å². The van der Waals surface area contributed by atoms with E-state index in [4.69, 9.17) is 4.74 Å². The third-order valence-electron chi connectivity index (χ3n) is 3.77. The Hall–Kier alpha value is -1.86. The first-order valence-electron chi connectivity index (χ1n) is 7.79. The van der Waals surface area contributed by atoms with E-state index in [2.05, 4.69) is 9.82 Å². The minimum Gasteiger partial charge on any atom is -0.377 e. The molecule has 124 valence electrons. The number of rotatable bonds is 6. The summed E-state index contributed by atoms with van der Waals surface area (Å²) < 4.78 is 34.2. The van der Waals surface area contributed by atoms with Gasteiger partial charge in [0.1, 0.15) is 0 Å². The van der Waals surface area contributed by atoms with E-state index in [0.717, 1.165) is 24.8 Å². The molecule has 0 amide bonds. The number of sulfonamides is 1. The molecule has 1 N–H and O–H groups in total. The molecule has 1 aliphatic heterocycles. The average molecular weight is 335 g/mol. The molecule has 0 aliphatic carbocycles. The highest BCUT2D eigenvalue weighted by atomic mass is 32.2. The normalized spacial score (nSPS) is 18.7. The highest BCUT2D eigenvalue weighted by Crippen LogP contribution is 2.16. The van der Waals surface area contributed by atoms with E-state index >= 15 is 0 Å². The van der Waals surface area contributed by atoms with Crippen LogP contribution in [0.5, 0.6) is 0 Å². The maximum Gasteiger partial charge on any atom is 0.235 e. The van der Waals surface area contributed by atoms with E-state index < -0.39 is 10.0 Å². The summed E-state index contributed by atoms with van der Waals surface area (Å²) in [4.78, 5) is 0. The molecule has 1 saturated heterocycles. The van der Waals surface area contributed by atoms with E-state index in [9.17, 15) is 8.42 Å². The number of hydrogen-bond acceptors (Lipinski definition) is 4. The summed E-state index contributed by atoms with van der Waals surface area (Å²) in [6.45, 7) is 1.25. The van der Waals surface area contributed by atoms with Gasteiger partial charge in [0.05, 0.1) is 30.3 Å². The van der Waals surface area contributed by atoms with Crippen LogP contribution in [-0.4, -0.2) is 36.7 Å². The van der Waals surface area contributed by atoms with Crippen molar-refractivity contribution < 1.29 is 13.2 Å². The SMILES string of the molecule is O=S(=O)(C[C@@H]1CCCCO1)Nc1cnn(Cc2ccccc2)c1. The van der Waals surface area contributed by atoms with Crippen LogP contribution in [-0.2, 0) is 21.3 Å². The largest absolute Gasteiger partial charge is 0.377 e. The standard InChI is InChI=1S/C16H21N3O3S/c20-23(21,13-16-8-4-5-9-22-16)18-15-10-17-19(12-15)11-14-6-2-1-3-7-14/h1-3,6-7,10,12,16,18H,4-5,8-9,11,13H2/t16-/m0/s1. The lowest BCUT2D eigenvalue weighted by Crippen LogP contribution is -2.30. The van der Waals surface area contributed by atoms with Crippen molar-refractivity contribution in [1.29, 1.82) is 0 Å². The Morgan fingerprint density at radius 1 is 1.26 bits per heavy atom. The third kappa shape index (κ3) is 4.80. The van der Waals surface area contributed by atoms with Gasteiger partial charge in [-0.3, -0.25) is 9.40 Å².